The third-order valence-electron chi connectivity index (χ3n) is 3.88. The van der Waals surface area contributed by atoms with E-state index in [4.69, 9.17) is 0 Å². The van der Waals surface area contributed by atoms with Crippen LogP contribution in [0.5, 0.6) is 0 Å². The lowest BCUT2D eigenvalue weighted by Gasteiger charge is -2.13. The van der Waals surface area contributed by atoms with Crippen molar-refractivity contribution in [2.45, 2.75) is 24.0 Å². The van der Waals surface area contributed by atoms with Crippen molar-refractivity contribution < 1.29 is 9.59 Å². The largest absolute Gasteiger partial charge is 0.326 e. The van der Waals surface area contributed by atoms with Gasteiger partial charge in [0, 0.05) is 23.2 Å². The highest BCUT2D eigenvalue weighted by Gasteiger charge is 2.15. The average molecular weight is 364 g/mol. The number of amides is 2. The van der Waals surface area contributed by atoms with Gasteiger partial charge in [0.1, 0.15) is 0 Å². The molecule has 0 aliphatic heterocycles. The molecule has 26 heavy (non-hydrogen) atoms. The number of nitrogens with one attached hydrogen (secondary N) is 2. The first kappa shape index (κ1) is 18.0. The van der Waals surface area contributed by atoms with E-state index in [0.29, 0.717) is 11.4 Å². The Hall–Kier alpha value is -2.79. The van der Waals surface area contributed by atoms with Crippen LogP contribution in [0.4, 0.5) is 11.4 Å². The van der Waals surface area contributed by atoms with Gasteiger partial charge in [-0.3, -0.25) is 9.59 Å². The predicted octanol–water partition coefficient (Wildman–Crippen LogP) is 4.92. The Morgan fingerprint density at radius 3 is 2.12 bits per heavy atom. The quantitative estimate of drug-likeness (QED) is 0.632. The van der Waals surface area contributed by atoms with Gasteiger partial charge in [0.2, 0.25) is 11.8 Å². The summed E-state index contributed by atoms with van der Waals surface area (Å²) in [5, 5.41) is 7.73. The zero-order valence-corrected chi connectivity index (χ0v) is 15.5. The number of carbonyl (C=O) groups excluding carboxylic acids is 2. The number of fused-ring (bicyclic) bond motifs is 1. The maximum absolute atomic E-state index is 12.4. The lowest BCUT2D eigenvalue weighted by molar-refractivity contribution is -0.115. The molecule has 2 amide bonds. The van der Waals surface area contributed by atoms with Gasteiger partial charge in [-0.1, -0.05) is 30.3 Å². The van der Waals surface area contributed by atoms with E-state index < -0.39 is 0 Å². The van der Waals surface area contributed by atoms with Gasteiger partial charge >= 0.3 is 0 Å². The van der Waals surface area contributed by atoms with Crippen LogP contribution in [-0.4, -0.2) is 17.1 Å². The minimum Gasteiger partial charge on any atom is -0.326 e. The van der Waals surface area contributed by atoms with Crippen molar-refractivity contribution in [1.29, 1.82) is 0 Å². The summed E-state index contributed by atoms with van der Waals surface area (Å²) in [5.74, 6) is -0.183. The zero-order valence-electron chi connectivity index (χ0n) is 14.7. The van der Waals surface area contributed by atoms with E-state index in [1.165, 1.54) is 29.5 Å². The normalized spacial score (nSPS) is 11.8. The van der Waals surface area contributed by atoms with Crippen LogP contribution >= 0.6 is 11.8 Å². The zero-order chi connectivity index (χ0) is 18.5. The van der Waals surface area contributed by atoms with Crippen LogP contribution in [0.25, 0.3) is 10.8 Å². The van der Waals surface area contributed by atoms with E-state index in [9.17, 15) is 9.59 Å². The molecule has 3 rings (SSSR count). The molecule has 0 aliphatic carbocycles. The Morgan fingerprint density at radius 1 is 0.846 bits per heavy atom. The first-order chi connectivity index (χ1) is 12.5. The van der Waals surface area contributed by atoms with Crippen molar-refractivity contribution in [2.24, 2.45) is 0 Å². The lowest BCUT2D eigenvalue weighted by atomic mass is 10.1. The second kappa shape index (κ2) is 8.06. The van der Waals surface area contributed by atoms with E-state index in [2.05, 4.69) is 34.9 Å². The van der Waals surface area contributed by atoms with Crippen LogP contribution in [0, 0.1) is 0 Å². The molecule has 4 nitrogen and oxygen atoms in total. The molecule has 0 aliphatic rings. The lowest BCUT2D eigenvalue weighted by Crippen LogP contribution is -2.22. The van der Waals surface area contributed by atoms with Crippen LogP contribution in [0.2, 0.25) is 0 Å². The molecule has 3 aromatic carbocycles. The Kier molecular flexibility index (Phi) is 5.58. The number of thioether (sulfide) groups is 1. The Balaban J connectivity index is 1.62. The molecule has 0 saturated carbocycles. The van der Waals surface area contributed by atoms with E-state index >= 15 is 0 Å². The molecular formula is C21H20N2O2S. The number of carbonyl (C=O) groups is 2. The number of rotatable bonds is 5. The molecule has 0 fully saturated rings. The maximum Gasteiger partial charge on any atom is 0.237 e. The van der Waals surface area contributed by atoms with Gasteiger partial charge in [-0.25, -0.2) is 0 Å². The monoisotopic (exact) mass is 364 g/mol. The first-order valence-corrected chi connectivity index (χ1v) is 9.23. The standard InChI is InChI=1S/C21H20N2O2S/c1-14(26-20-12-7-16-5-3-4-6-17(16)13-20)21(25)23-19-10-8-18(9-11-19)22-15(2)24/h3-14H,1-2H3,(H,22,24)(H,23,25)/t14-/m0/s1. The third-order valence-corrected chi connectivity index (χ3v) is 4.97. The van der Waals surface area contributed by atoms with Crippen LogP contribution < -0.4 is 10.6 Å². The highest BCUT2D eigenvalue weighted by Crippen LogP contribution is 2.27. The highest BCUT2D eigenvalue weighted by molar-refractivity contribution is 8.00. The summed E-state index contributed by atoms with van der Waals surface area (Å²) in [5.41, 5.74) is 1.41. The molecule has 0 spiro atoms. The fourth-order valence-electron chi connectivity index (χ4n) is 2.58. The summed E-state index contributed by atoms with van der Waals surface area (Å²) in [4.78, 5) is 24.5. The Bertz CT molecular complexity index is 938. The van der Waals surface area contributed by atoms with E-state index in [-0.39, 0.29) is 17.1 Å². The van der Waals surface area contributed by atoms with Crippen LogP contribution in [0.1, 0.15) is 13.8 Å². The second-order valence-electron chi connectivity index (χ2n) is 6.02. The molecule has 0 saturated heterocycles. The molecule has 0 aromatic heterocycles. The van der Waals surface area contributed by atoms with Gasteiger partial charge < -0.3 is 10.6 Å². The number of benzene rings is 3. The van der Waals surface area contributed by atoms with Crippen molar-refractivity contribution in [3.05, 3.63) is 66.7 Å². The van der Waals surface area contributed by atoms with E-state index in [0.717, 1.165) is 4.90 Å². The summed E-state index contributed by atoms with van der Waals surface area (Å²) < 4.78 is 0. The Labute approximate surface area is 157 Å². The highest BCUT2D eigenvalue weighted by atomic mass is 32.2. The van der Waals surface area contributed by atoms with E-state index in [1.54, 1.807) is 24.3 Å². The molecule has 5 heteroatoms. The SMILES string of the molecule is CC(=O)Nc1ccc(NC(=O)[C@H](C)Sc2ccc3ccccc3c2)cc1. The van der Waals surface area contributed by atoms with Crippen molar-refractivity contribution >= 4 is 45.7 Å². The molecule has 0 radical (unpaired) electrons. The smallest absolute Gasteiger partial charge is 0.237 e. The van der Waals surface area contributed by atoms with Gasteiger partial charge in [0.25, 0.3) is 0 Å². The van der Waals surface area contributed by atoms with Gasteiger partial charge in [-0.2, -0.15) is 0 Å². The van der Waals surface area contributed by atoms with Crippen molar-refractivity contribution in [2.75, 3.05) is 10.6 Å². The fourth-order valence-corrected chi connectivity index (χ4v) is 3.50. The summed E-state index contributed by atoms with van der Waals surface area (Å²) in [6.45, 7) is 3.35. The summed E-state index contributed by atoms with van der Waals surface area (Å²) in [6.07, 6.45) is 0. The molecule has 0 unspecified atom stereocenters. The topological polar surface area (TPSA) is 58.2 Å². The van der Waals surface area contributed by atoms with Crippen LogP contribution in [0.3, 0.4) is 0 Å². The van der Waals surface area contributed by atoms with Gasteiger partial charge in [-0.05, 0) is 54.1 Å². The molecule has 1 atom stereocenters. The maximum atomic E-state index is 12.4. The number of hydrogen-bond acceptors (Lipinski definition) is 3. The molecule has 0 heterocycles. The first-order valence-electron chi connectivity index (χ1n) is 8.35. The molecule has 3 aromatic rings. The summed E-state index contributed by atoms with van der Waals surface area (Å²) in [7, 11) is 0. The predicted molar refractivity (Wildman–Crippen MR) is 109 cm³/mol. The van der Waals surface area contributed by atoms with Gasteiger partial charge in [-0.15, -0.1) is 11.8 Å². The Morgan fingerprint density at radius 2 is 1.46 bits per heavy atom. The second-order valence-corrected chi connectivity index (χ2v) is 7.43. The van der Waals surface area contributed by atoms with Crippen LogP contribution in [-0.2, 0) is 9.59 Å². The van der Waals surface area contributed by atoms with E-state index in [1.807, 2.05) is 25.1 Å². The minimum atomic E-state index is -0.230. The van der Waals surface area contributed by atoms with Crippen molar-refractivity contribution in [1.82, 2.24) is 0 Å². The van der Waals surface area contributed by atoms with Gasteiger partial charge in [0.05, 0.1) is 5.25 Å². The van der Waals surface area contributed by atoms with Gasteiger partial charge in [0.15, 0.2) is 0 Å². The minimum absolute atomic E-state index is 0.0598. The van der Waals surface area contributed by atoms with Crippen LogP contribution in [0.15, 0.2) is 71.6 Å². The number of hydrogen-bond donors (Lipinski definition) is 2. The fraction of sp³-hybridized carbons (Fsp3) is 0.143. The average Bonchev–Trinajstić information content (AvgIpc) is 2.62. The summed E-state index contributed by atoms with van der Waals surface area (Å²) in [6, 6.07) is 21.5. The molecular weight excluding hydrogens is 344 g/mol. The van der Waals surface area contributed by atoms with Crippen molar-refractivity contribution in [3.63, 3.8) is 0 Å². The van der Waals surface area contributed by atoms with Crippen molar-refractivity contribution in [3.8, 4) is 0 Å². The third kappa shape index (κ3) is 4.64. The number of anilines is 2. The molecule has 2 N–H and O–H groups in total. The molecule has 132 valence electrons. The summed E-state index contributed by atoms with van der Waals surface area (Å²) >= 11 is 1.53. The molecule has 0 bridgehead atoms.